The Morgan fingerprint density at radius 3 is 1.93 bits per heavy atom. The van der Waals surface area contributed by atoms with E-state index in [9.17, 15) is 0 Å². The molecule has 2 atom stereocenters. The lowest BCUT2D eigenvalue weighted by molar-refractivity contribution is 0.961. The maximum Gasteiger partial charge on any atom is 0.0540 e. The van der Waals surface area contributed by atoms with Gasteiger partial charge >= 0.3 is 0 Å². The summed E-state index contributed by atoms with van der Waals surface area (Å²) in [6.45, 7) is 4.38. The molecule has 0 N–H and O–H groups in total. The number of aromatic nitrogens is 2. The first kappa shape index (κ1) is 7.92. The fourth-order valence-corrected chi connectivity index (χ4v) is 2.65. The van der Waals surface area contributed by atoms with Crippen LogP contribution in [0, 0.1) is 0 Å². The van der Waals surface area contributed by atoms with Crippen LogP contribution in [-0.4, -0.2) is 10.2 Å². The van der Waals surface area contributed by atoms with Crippen LogP contribution in [0.2, 0.25) is 0 Å². The Hall–Kier alpha value is -1.44. The average molecular weight is 184 g/mol. The highest BCUT2D eigenvalue weighted by atomic mass is 15.1. The SMILES string of the molecule is CC(C)=C1C2C=CC1c1cnncc12. The quantitative estimate of drug-likeness (QED) is 0.579. The summed E-state index contributed by atoms with van der Waals surface area (Å²) in [5.41, 5.74) is 5.67. The summed E-state index contributed by atoms with van der Waals surface area (Å²) in [4.78, 5) is 0. The minimum absolute atomic E-state index is 0.482. The minimum Gasteiger partial charge on any atom is -0.159 e. The van der Waals surface area contributed by atoms with Gasteiger partial charge in [0.05, 0.1) is 12.4 Å². The molecule has 2 aliphatic carbocycles. The second kappa shape index (κ2) is 2.53. The molecule has 0 aliphatic heterocycles. The molecule has 1 aromatic rings. The largest absolute Gasteiger partial charge is 0.159 e. The van der Waals surface area contributed by atoms with Crippen LogP contribution in [0.5, 0.6) is 0 Å². The molecule has 3 rings (SSSR count). The third-order valence-electron chi connectivity index (χ3n) is 3.21. The number of rotatable bonds is 0. The molecule has 0 saturated heterocycles. The van der Waals surface area contributed by atoms with Crippen LogP contribution in [0.1, 0.15) is 36.8 Å². The Morgan fingerprint density at radius 2 is 1.50 bits per heavy atom. The van der Waals surface area contributed by atoms with Crippen molar-refractivity contribution >= 4 is 0 Å². The lowest BCUT2D eigenvalue weighted by atomic mass is 9.97. The van der Waals surface area contributed by atoms with E-state index in [2.05, 4.69) is 36.2 Å². The van der Waals surface area contributed by atoms with Crippen molar-refractivity contribution in [3.05, 3.63) is 46.8 Å². The topological polar surface area (TPSA) is 25.8 Å². The summed E-state index contributed by atoms with van der Waals surface area (Å²) < 4.78 is 0. The molecule has 0 spiro atoms. The third-order valence-corrected chi connectivity index (χ3v) is 3.21. The summed E-state index contributed by atoms with van der Waals surface area (Å²) in [6, 6.07) is 0. The summed E-state index contributed by atoms with van der Waals surface area (Å²) in [6.07, 6.45) is 8.40. The zero-order chi connectivity index (χ0) is 9.71. The normalized spacial score (nSPS) is 26.9. The van der Waals surface area contributed by atoms with Crippen molar-refractivity contribution < 1.29 is 0 Å². The highest BCUT2D eigenvalue weighted by Gasteiger charge is 2.38. The van der Waals surface area contributed by atoms with Gasteiger partial charge < -0.3 is 0 Å². The van der Waals surface area contributed by atoms with Gasteiger partial charge in [-0.1, -0.05) is 17.7 Å². The van der Waals surface area contributed by atoms with Gasteiger partial charge in [0.25, 0.3) is 0 Å². The van der Waals surface area contributed by atoms with E-state index in [1.807, 2.05) is 12.4 Å². The molecule has 2 bridgehead atoms. The van der Waals surface area contributed by atoms with E-state index in [1.165, 1.54) is 22.3 Å². The van der Waals surface area contributed by atoms with E-state index in [0.29, 0.717) is 11.8 Å². The van der Waals surface area contributed by atoms with Gasteiger partial charge in [-0.3, -0.25) is 0 Å². The van der Waals surface area contributed by atoms with Crippen molar-refractivity contribution in [1.29, 1.82) is 0 Å². The highest BCUT2D eigenvalue weighted by Crippen LogP contribution is 2.52. The molecule has 1 aromatic heterocycles. The molecule has 0 radical (unpaired) electrons. The van der Waals surface area contributed by atoms with Gasteiger partial charge in [0, 0.05) is 11.8 Å². The number of hydrogen-bond acceptors (Lipinski definition) is 2. The minimum atomic E-state index is 0.482. The van der Waals surface area contributed by atoms with E-state index in [0.717, 1.165) is 0 Å². The summed E-state index contributed by atoms with van der Waals surface area (Å²) >= 11 is 0. The average Bonchev–Trinajstić information content (AvgIpc) is 2.73. The first-order valence-corrected chi connectivity index (χ1v) is 4.95. The lowest BCUT2D eigenvalue weighted by Gasteiger charge is -2.06. The van der Waals surface area contributed by atoms with Gasteiger partial charge in [-0.15, -0.1) is 0 Å². The monoisotopic (exact) mass is 184 g/mol. The van der Waals surface area contributed by atoms with E-state index in [4.69, 9.17) is 0 Å². The molecule has 0 fully saturated rings. The van der Waals surface area contributed by atoms with Crippen LogP contribution >= 0.6 is 0 Å². The first-order valence-electron chi connectivity index (χ1n) is 4.95. The van der Waals surface area contributed by atoms with Gasteiger partial charge in [0.15, 0.2) is 0 Å². The molecule has 70 valence electrons. The predicted molar refractivity (Wildman–Crippen MR) is 55.0 cm³/mol. The smallest absolute Gasteiger partial charge is 0.0540 e. The molecule has 2 nitrogen and oxygen atoms in total. The Morgan fingerprint density at radius 1 is 1.00 bits per heavy atom. The zero-order valence-electron chi connectivity index (χ0n) is 8.36. The molecule has 2 heteroatoms. The Labute approximate surface area is 83.4 Å². The predicted octanol–water partition coefficient (Wildman–Crippen LogP) is 2.56. The molecule has 1 heterocycles. The lowest BCUT2D eigenvalue weighted by Crippen LogP contribution is -1.94. The van der Waals surface area contributed by atoms with Crippen LogP contribution in [0.4, 0.5) is 0 Å². The van der Waals surface area contributed by atoms with Crippen LogP contribution in [-0.2, 0) is 0 Å². The number of nitrogens with zero attached hydrogens (tertiary/aromatic N) is 2. The van der Waals surface area contributed by atoms with Gasteiger partial charge in [-0.05, 0) is 30.5 Å². The molecule has 0 aromatic carbocycles. The molecule has 14 heavy (non-hydrogen) atoms. The highest BCUT2D eigenvalue weighted by molar-refractivity contribution is 5.59. The first-order chi connectivity index (χ1) is 6.79. The number of fused-ring (bicyclic) bond motifs is 5. The van der Waals surface area contributed by atoms with Crippen LogP contribution in [0.3, 0.4) is 0 Å². The van der Waals surface area contributed by atoms with E-state index in [1.54, 1.807) is 0 Å². The van der Waals surface area contributed by atoms with Gasteiger partial charge in [-0.25, -0.2) is 0 Å². The van der Waals surface area contributed by atoms with Gasteiger partial charge in [0.1, 0.15) is 0 Å². The molecule has 2 unspecified atom stereocenters. The van der Waals surface area contributed by atoms with E-state index in [-0.39, 0.29) is 0 Å². The maximum atomic E-state index is 3.96. The van der Waals surface area contributed by atoms with E-state index < -0.39 is 0 Å². The Bertz CT molecular complexity index is 418. The summed E-state index contributed by atoms with van der Waals surface area (Å²) in [7, 11) is 0. The number of hydrogen-bond donors (Lipinski definition) is 0. The molecular formula is C12H12N2. The van der Waals surface area contributed by atoms with Gasteiger partial charge in [-0.2, -0.15) is 10.2 Å². The van der Waals surface area contributed by atoms with Crippen molar-refractivity contribution in [2.24, 2.45) is 0 Å². The maximum absolute atomic E-state index is 3.96. The third kappa shape index (κ3) is 0.808. The molecule has 0 saturated carbocycles. The second-order valence-electron chi connectivity index (χ2n) is 4.20. The standard InChI is InChI=1S/C12H12N2/c1-7(2)12-8-3-4-9(12)11-6-14-13-5-10(8)11/h3-6,8-9H,1-2H3. The van der Waals surface area contributed by atoms with Crippen molar-refractivity contribution in [2.45, 2.75) is 25.7 Å². The van der Waals surface area contributed by atoms with Crippen LogP contribution < -0.4 is 0 Å². The van der Waals surface area contributed by atoms with Crippen LogP contribution in [0.25, 0.3) is 0 Å². The van der Waals surface area contributed by atoms with E-state index >= 15 is 0 Å². The zero-order valence-corrected chi connectivity index (χ0v) is 8.36. The van der Waals surface area contributed by atoms with Crippen molar-refractivity contribution in [2.75, 3.05) is 0 Å². The van der Waals surface area contributed by atoms with Gasteiger partial charge in [0.2, 0.25) is 0 Å². The fraction of sp³-hybridized carbons (Fsp3) is 0.333. The Kier molecular flexibility index (Phi) is 1.43. The molecule has 0 amide bonds. The summed E-state index contributed by atoms with van der Waals surface area (Å²) in [5, 5.41) is 7.92. The van der Waals surface area contributed by atoms with Crippen LogP contribution in [0.15, 0.2) is 35.7 Å². The second-order valence-corrected chi connectivity index (χ2v) is 4.20. The molecular weight excluding hydrogens is 172 g/mol. The van der Waals surface area contributed by atoms with Crippen molar-refractivity contribution in [1.82, 2.24) is 10.2 Å². The summed E-state index contributed by atoms with van der Waals surface area (Å²) in [5.74, 6) is 0.964. The fourth-order valence-electron chi connectivity index (χ4n) is 2.65. The van der Waals surface area contributed by atoms with Crippen molar-refractivity contribution in [3.8, 4) is 0 Å². The number of allylic oxidation sites excluding steroid dienone is 4. The molecule has 2 aliphatic rings. The van der Waals surface area contributed by atoms with Crippen molar-refractivity contribution in [3.63, 3.8) is 0 Å². The Balaban J connectivity index is 2.26.